The summed E-state index contributed by atoms with van der Waals surface area (Å²) in [5, 5.41) is 4.33. The normalized spacial score (nSPS) is 14.8. The molecule has 4 rings (SSSR count). The van der Waals surface area contributed by atoms with Gasteiger partial charge >= 0.3 is 0 Å². The van der Waals surface area contributed by atoms with Crippen molar-refractivity contribution >= 4 is 12.0 Å². The van der Waals surface area contributed by atoms with Gasteiger partial charge in [0.1, 0.15) is 5.69 Å². The molecule has 0 aliphatic carbocycles. The first-order valence-electron chi connectivity index (χ1n) is 10.5. The van der Waals surface area contributed by atoms with E-state index in [1.807, 2.05) is 53.4 Å². The molecule has 0 spiro atoms. The fourth-order valence-corrected chi connectivity index (χ4v) is 3.63. The molecular formula is C25H26N4O2. The summed E-state index contributed by atoms with van der Waals surface area (Å²) in [6.07, 6.45) is 4.28. The number of piperazine rings is 1. The van der Waals surface area contributed by atoms with Crippen LogP contribution < -0.4 is 5.56 Å². The van der Waals surface area contributed by atoms with Crippen LogP contribution in [0.15, 0.2) is 83.7 Å². The quantitative estimate of drug-likeness (QED) is 0.622. The zero-order valence-electron chi connectivity index (χ0n) is 17.4. The average Bonchev–Trinajstić information content (AvgIpc) is 2.82. The standard InChI is InChI=1S/C25H26N4O2/c30-24-14-13-23(26-29(24)20-22-10-5-2-6-11-22)25(31)28-18-16-27(17-19-28)15-7-12-21-8-3-1-4-9-21/h1-14H,15-20H2. The van der Waals surface area contributed by atoms with Crippen LogP contribution in [0.3, 0.4) is 0 Å². The highest BCUT2D eigenvalue weighted by Gasteiger charge is 2.23. The van der Waals surface area contributed by atoms with Crippen molar-refractivity contribution in [1.82, 2.24) is 19.6 Å². The van der Waals surface area contributed by atoms with Gasteiger partial charge in [-0.2, -0.15) is 5.10 Å². The third kappa shape index (κ3) is 5.55. The Hall–Kier alpha value is -3.51. The summed E-state index contributed by atoms with van der Waals surface area (Å²) in [5.41, 5.74) is 2.26. The van der Waals surface area contributed by atoms with Gasteiger partial charge in [-0.15, -0.1) is 0 Å². The van der Waals surface area contributed by atoms with Gasteiger partial charge in [-0.1, -0.05) is 72.8 Å². The zero-order chi connectivity index (χ0) is 21.5. The lowest BCUT2D eigenvalue weighted by Gasteiger charge is -2.34. The van der Waals surface area contributed by atoms with E-state index in [-0.39, 0.29) is 11.5 Å². The second-order valence-corrected chi connectivity index (χ2v) is 7.61. The van der Waals surface area contributed by atoms with E-state index in [9.17, 15) is 9.59 Å². The van der Waals surface area contributed by atoms with Crippen LogP contribution in [0.1, 0.15) is 21.6 Å². The van der Waals surface area contributed by atoms with E-state index in [1.54, 1.807) is 0 Å². The summed E-state index contributed by atoms with van der Waals surface area (Å²) < 4.78 is 1.35. The van der Waals surface area contributed by atoms with E-state index in [0.29, 0.717) is 25.3 Å². The van der Waals surface area contributed by atoms with Gasteiger partial charge in [-0.25, -0.2) is 4.68 Å². The predicted octanol–water partition coefficient (Wildman–Crippen LogP) is 2.76. The van der Waals surface area contributed by atoms with Gasteiger partial charge in [-0.3, -0.25) is 14.5 Å². The van der Waals surface area contributed by atoms with E-state index in [2.05, 4.69) is 34.3 Å². The van der Waals surface area contributed by atoms with Gasteiger partial charge in [0.15, 0.2) is 0 Å². The smallest absolute Gasteiger partial charge is 0.274 e. The number of hydrogen-bond donors (Lipinski definition) is 0. The van der Waals surface area contributed by atoms with Crippen molar-refractivity contribution in [2.24, 2.45) is 0 Å². The van der Waals surface area contributed by atoms with Crippen molar-refractivity contribution in [2.75, 3.05) is 32.7 Å². The number of amides is 1. The molecule has 3 aromatic rings. The third-order valence-electron chi connectivity index (χ3n) is 5.39. The number of hydrogen-bond acceptors (Lipinski definition) is 4. The van der Waals surface area contributed by atoms with Crippen molar-refractivity contribution in [3.05, 3.63) is 106 Å². The number of benzene rings is 2. The molecule has 1 aromatic heterocycles. The van der Waals surface area contributed by atoms with E-state index in [4.69, 9.17) is 0 Å². The van der Waals surface area contributed by atoms with E-state index in [1.165, 1.54) is 22.4 Å². The van der Waals surface area contributed by atoms with Crippen LogP contribution >= 0.6 is 0 Å². The van der Waals surface area contributed by atoms with Crippen molar-refractivity contribution in [1.29, 1.82) is 0 Å². The molecule has 1 fully saturated rings. The molecule has 2 aromatic carbocycles. The largest absolute Gasteiger partial charge is 0.335 e. The molecule has 0 atom stereocenters. The van der Waals surface area contributed by atoms with Crippen LogP contribution in [-0.4, -0.2) is 58.2 Å². The Morgan fingerprint density at radius 2 is 1.55 bits per heavy atom. The molecule has 0 N–H and O–H groups in total. The summed E-state index contributed by atoms with van der Waals surface area (Å²) in [6.45, 7) is 4.14. The highest BCUT2D eigenvalue weighted by molar-refractivity contribution is 5.92. The lowest BCUT2D eigenvalue weighted by molar-refractivity contribution is 0.0641. The SMILES string of the molecule is O=C(c1ccc(=O)n(Cc2ccccc2)n1)N1CCN(CC=Cc2ccccc2)CC1. The Labute approximate surface area is 182 Å². The molecule has 6 nitrogen and oxygen atoms in total. The van der Waals surface area contributed by atoms with Crippen LogP contribution in [0.5, 0.6) is 0 Å². The molecule has 1 aliphatic heterocycles. The zero-order valence-corrected chi connectivity index (χ0v) is 17.4. The second-order valence-electron chi connectivity index (χ2n) is 7.61. The van der Waals surface area contributed by atoms with Crippen molar-refractivity contribution < 1.29 is 4.79 Å². The van der Waals surface area contributed by atoms with Crippen molar-refractivity contribution in [3.8, 4) is 0 Å². The van der Waals surface area contributed by atoms with Gasteiger partial charge in [0.2, 0.25) is 0 Å². The minimum absolute atomic E-state index is 0.124. The van der Waals surface area contributed by atoms with Crippen molar-refractivity contribution in [3.63, 3.8) is 0 Å². The first kappa shape index (κ1) is 20.8. The Morgan fingerprint density at radius 3 is 2.26 bits per heavy atom. The van der Waals surface area contributed by atoms with E-state index >= 15 is 0 Å². The molecule has 0 saturated carbocycles. The Balaban J connectivity index is 1.34. The minimum Gasteiger partial charge on any atom is -0.335 e. The van der Waals surface area contributed by atoms with Crippen LogP contribution in [0.25, 0.3) is 6.08 Å². The molecule has 31 heavy (non-hydrogen) atoms. The predicted molar refractivity (Wildman–Crippen MR) is 122 cm³/mol. The van der Waals surface area contributed by atoms with Crippen LogP contribution in [0.4, 0.5) is 0 Å². The third-order valence-corrected chi connectivity index (χ3v) is 5.39. The fraction of sp³-hybridized carbons (Fsp3) is 0.240. The molecular weight excluding hydrogens is 388 g/mol. The van der Waals surface area contributed by atoms with Gasteiger partial charge < -0.3 is 4.90 Å². The molecule has 6 heteroatoms. The highest BCUT2D eigenvalue weighted by atomic mass is 16.2. The first-order valence-corrected chi connectivity index (χ1v) is 10.5. The van der Waals surface area contributed by atoms with Gasteiger partial charge in [0.05, 0.1) is 6.54 Å². The number of carbonyl (C=O) groups excluding carboxylic acids is 1. The lowest BCUT2D eigenvalue weighted by atomic mass is 10.2. The summed E-state index contributed by atoms with van der Waals surface area (Å²) in [6, 6.07) is 22.8. The van der Waals surface area contributed by atoms with Crippen LogP contribution in [0, 0.1) is 0 Å². The molecule has 0 radical (unpaired) electrons. The van der Waals surface area contributed by atoms with Gasteiger partial charge in [-0.05, 0) is 17.2 Å². The maximum atomic E-state index is 12.9. The average molecular weight is 415 g/mol. The number of rotatable bonds is 6. The van der Waals surface area contributed by atoms with Crippen LogP contribution in [-0.2, 0) is 6.54 Å². The first-order chi connectivity index (χ1) is 15.2. The molecule has 2 heterocycles. The topological polar surface area (TPSA) is 58.4 Å². The van der Waals surface area contributed by atoms with E-state index in [0.717, 1.165) is 25.2 Å². The summed E-state index contributed by atoms with van der Waals surface area (Å²) >= 11 is 0. The highest BCUT2D eigenvalue weighted by Crippen LogP contribution is 2.08. The molecule has 1 aliphatic rings. The summed E-state index contributed by atoms with van der Waals surface area (Å²) in [4.78, 5) is 29.3. The maximum Gasteiger partial charge on any atom is 0.274 e. The second kappa shape index (κ2) is 10.00. The molecule has 0 bridgehead atoms. The van der Waals surface area contributed by atoms with Gasteiger partial charge in [0.25, 0.3) is 11.5 Å². The molecule has 1 saturated heterocycles. The molecule has 158 valence electrons. The number of nitrogens with zero attached hydrogens (tertiary/aromatic N) is 4. The van der Waals surface area contributed by atoms with Crippen LogP contribution in [0.2, 0.25) is 0 Å². The minimum atomic E-state index is -0.213. The molecule has 1 amide bonds. The van der Waals surface area contributed by atoms with Crippen molar-refractivity contribution in [2.45, 2.75) is 6.54 Å². The molecule has 0 unspecified atom stereocenters. The van der Waals surface area contributed by atoms with Gasteiger partial charge in [0, 0.05) is 38.8 Å². The number of aromatic nitrogens is 2. The Bertz CT molecular complexity index is 1090. The van der Waals surface area contributed by atoms with E-state index < -0.39 is 0 Å². The monoisotopic (exact) mass is 414 g/mol. The summed E-state index contributed by atoms with van der Waals surface area (Å²) in [7, 11) is 0. The maximum absolute atomic E-state index is 12.9. The Kier molecular flexibility index (Phi) is 6.69. The number of carbonyl (C=O) groups is 1. The lowest BCUT2D eigenvalue weighted by Crippen LogP contribution is -2.49. The summed E-state index contributed by atoms with van der Waals surface area (Å²) in [5.74, 6) is -0.124. The Morgan fingerprint density at radius 1 is 0.871 bits per heavy atom. The fourth-order valence-electron chi connectivity index (χ4n) is 3.63.